The highest BCUT2D eigenvalue weighted by Crippen LogP contribution is 2.54. The molecule has 2 heterocycles. The van der Waals surface area contributed by atoms with Crippen LogP contribution in [0.2, 0.25) is 0 Å². The first kappa shape index (κ1) is 14.0. The molecule has 24 heavy (non-hydrogen) atoms. The van der Waals surface area contributed by atoms with E-state index in [1.807, 2.05) is 12.1 Å². The first-order valence-electron chi connectivity index (χ1n) is 8.23. The minimum Gasteiger partial charge on any atom is -0.504 e. The maximum absolute atomic E-state index is 10.5. The number of hydrogen-bond donors (Lipinski definition) is 1. The number of hydrogen-bond acceptors (Lipinski definition) is 5. The van der Waals surface area contributed by atoms with Gasteiger partial charge in [0.15, 0.2) is 23.0 Å². The molecule has 2 aliphatic heterocycles. The molecule has 3 aliphatic rings. The average Bonchev–Trinajstić information content (AvgIpc) is 3.03. The zero-order valence-electron chi connectivity index (χ0n) is 13.8. The fourth-order valence-electron chi connectivity index (χ4n) is 4.31. The fourth-order valence-corrected chi connectivity index (χ4v) is 4.31. The van der Waals surface area contributed by atoms with Crippen molar-refractivity contribution in [2.24, 2.45) is 0 Å². The summed E-state index contributed by atoms with van der Waals surface area (Å²) in [5.41, 5.74) is 5.79. The summed E-state index contributed by atoms with van der Waals surface area (Å²) in [6.45, 7) is 1.25. The molecule has 0 saturated heterocycles. The average molecular weight is 325 g/mol. The molecule has 1 atom stereocenters. The third-order valence-corrected chi connectivity index (χ3v) is 5.47. The molecular formula is C19H19NO4. The Labute approximate surface area is 140 Å². The Kier molecular flexibility index (Phi) is 2.80. The van der Waals surface area contributed by atoms with Crippen LogP contribution in [0.3, 0.4) is 0 Å². The van der Waals surface area contributed by atoms with Gasteiger partial charge in [-0.25, -0.2) is 0 Å². The highest BCUT2D eigenvalue weighted by molar-refractivity contribution is 5.85. The predicted molar refractivity (Wildman–Crippen MR) is 89.0 cm³/mol. The number of fused-ring (bicyclic) bond motifs is 3. The van der Waals surface area contributed by atoms with E-state index in [9.17, 15) is 5.11 Å². The van der Waals surface area contributed by atoms with Gasteiger partial charge in [-0.2, -0.15) is 0 Å². The molecule has 0 amide bonds. The van der Waals surface area contributed by atoms with E-state index in [-0.39, 0.29) is 12.5 Å². The Morgan fingerprint density at radius 3 is 2.75 bits per heavy atom. The van der Waals surface area contributed by atoms with Crippen molar-refractivity contribution in [1.82, 2.24) is 4.90 Å². The number of phenols is 1. The molecular weight excluding hydrogens is 306 g/mol. The fraction of sp³-hybridized carbons (Fsp3) is 0.368. The van der Waals surface area contributed by atoms with Crippen LogP contribution in [0, 0.1) is 0 Å². The number of ether oxygens (including phenoxy) is 3. The SMILES string of the molecule is COc1c(O)cc2c3c1-c1cc4c(cc1CC3N(C)CC2)OCO4. The summed E-state index contributed by atoms with van der Waals surface area (Å²) < 4.78 is 16.7. The van der Waals surface area contributed by atoms with Crippen LogP contribution in [0.1, 0.15) is 22.7 Å². The Morgan fingerprint density at radius 2 is 1.96 bits per heavy atom. The van der Waals surface area contributed by atoms with Gasteiger partial charge in [-0.15, -0.1) is 0 Å². The Morgan fingerprint density at radius 1 is 1.17 bits per heavy atom. The van der Waals surface area contributed by atoms with Gasteiger partial charge < -0.3 is 19.3 Å². The van der Waals surface area contributed by atoms with Crippen molar-refractivity contribution in [2.45, 2.75) is 18.9 Å². The van der Waals surface area contributed by atoms with Crippen LogP contribution in [-0.2, 0) is 12.8 Å². The lowest BCUT2D eigenvalue weighted by molar-refractivity contribution is 0.174. The van der Waals surface area contributed by atoms with E-state index in [0.717, 1.165) is 42.0 Å². The van der Waals surface area contributed by atoms with Gasteiger partial charge in [0, 0.05) is 18.2 Å². The van der Waals surface area contributed by atoms with E-state index in [0.29, 0.717) is 11.8 Å². The second kappa shape index (κ2) is 4.80. The Hall–Kier alpha value is -2.40. The minimum atomic E-state index is 0.208. The predicted octanol–water partition coefficient (Wildman–Crippen LogP) is 2.88. The smallest absolute Gasteiger partial charge is 0.231 e. The summed E-state index contributed by atoms with van der Waals surface area (Å²) in [6.07, 6.45) is 1.86. The van der Waals surface area contributed by atoms with Crippen LogP contribution >= 0.6 is 0 Å². The van der Waals surface area contributed by atoms with Crippen LogP contribution in [-0.4, -0.2) is 37.5 Å². The van der Waals surface area contributed by atoms with Gasteiger partial charge in [0.05, 0.1) is 7.11 Å². The summed E-state index contributed by atoms with van der Waals surface area (Å²) in [6, 6.07) is 6.27. The van der Waals surface area contributed by atoms with Gasteiger partial charge in [0.1, 0.15) is 0 Å². The van der Waals surface area contributed by atoms with E-state index in [1.165, 1.54) is 16.7 Å². The van der Waals surface area contributed by atoms with E-state index in [1.54, 1.807) is 7.11 Å². The molecule has 2 aromatic carbocycles. The van der Waals surface area contributed by atoms with Crippen molar-refractivity contribution in [3.8, 4) is 34.1 Å². The van der Waals surface area contributed by atoms with Crippen molar-refractivity contribution < 1.29 is 19.3 Å². The van der Waals surface area contributed by atoms with E-state index >= 15 is 0 Å². The third-order valence-electron chi connectivity index (χ3n) is 5.47. The van der Waals surface area contributed by atoms with Gasteiger partial charge in [-0.05, 0) is 60.3 Å². The number of aromatic hydroxyl groups is 1. The summed E-state index contributed by atoms with van der Waals surface area (Å²) in [7, 11) is 3.77. The number of nitrogens with zero attached hydrogens (tertiary/aromatic N) is 1. The van der Waals surface area contributed by atoms with Gasteiger partial charge >= 0.3 is 0 Å². The van der Waals surface area contributed by atoms with E-state index in [2.05, 4.69) is 18.0 Å². The molecule has 0 spiro atoms. The van der Waals surface area contributed by atoms with Crippen LogP contribution in [0.15, 0.2) is 18.2 Å². The summed E-state index contributed by atoms with van der Waals surface area (Å²) in [5, 5.41) is 10.5. The maximum Gasteiger partial charge on any atom is 0.231 e. The molecule has 0 bridgehead atoms. The van der Waals surface area contributed by atoms with Crippen molar-refractivity contribution in [3.63, 3.8) is 0 Å². The molecule has 5 nitrogen and oxygen atoms in total. The molecule has 1 unspecified atom stereocenters. The molecule has 0 saturated carbocycles. The van der Waals surface area contributed by atoms with Crippen molar-refractivity contribution in [2.75, 3.05) is 27.5 Å². The van der Waals surface area contributed by atoms with Gasteiger partial charge in [-0.1, -0.05) is 0 Å². The quantitative estimate of drug-likeness (QED) is 0.874. The number of phenolic OH excluding ortho intramolecular Hbond substituents is 1. The first-order chi connectivity index (χ1) is 11.7. The van der Waals surface area contributed by atoms with Crippen LogP contribution in [0.4, 0.5) is 0 Å². The summed E-state index contributed by atoms with van der Waals surface area (Å²) >= 11 is 0. The Balaban J connectivity index is 1.85. The molecule has 5 heteroatoms. The van der Waals surface area contributed by atoms with Gasteiger partial charge in [0.25, 0.3) is 0 Å². The third kappa shape index (κ3) is 1.73. The number of methoxy groups -OCH3 is 1. The zero-order valence-corrected chi connectivity index (χ0v) is 13.8. The molecule has 0 radical (unpaired) electrons. The monoisotopic (exact) mass is 325 g/mol. The lowest BCUT2D eigenvalue weighted by Gasteiger charge is -2.40. The second-order valence-electron chi connectivity index (χ2n) is 6.69. The van der Waals surface area contributed by atoms with Crippen LogP contribution in [0.5, 0.6) is 23.0 Å². The lowest BCUT2D eigenvalue weighted by Crippen LogP contribution is -2.35. The minimum absolute atomic E-state index is 0.208. The molecule has 124 valence electrons. The number of rotatable bonds is 1. The van der Waals surface area contributed by atoms with Gasteiger partial charge in [0.2, 0.25) is 6.79 Å². The molecule has 0 fully saturated rings. The van der Waals surface area contributed by atoms with Crippen molar-refractivity contribution in [3.05, 3.63) is 34.9 Å². The van der Waals surface area contributed by atoms with Gasteiger partial charge in [-0.3, -0.25) is 4.90 Å². The number of likely N-dealkylation sites (N-methyl/N-ethyl adjacent to an activating group) is 1. The second-order valence-corrected chi connectivity index (χ2v) is 6.69. The highest BCUT2D eigenvalue weighted by Gasteiger charge is 2.37. The highest BCUT2D eigenvalue weighted by atomic mass is 16.7. The van der Waals surface area contributed by atoms with E-state index < -0.39 is 0 Å². The topological polar surface area (TPSA) is 51.2 Å². The zero-order chi connectivity index (χ0) is 16.4. The lowest BCUT2D eigenvalue weighted by atomic mass is 9.76. The molecule has 1 aliphatic carbocycles. The Bertz CT molecular complexity index is 861. The first-order valence-corrected chi connectivity index (χ1v) is 8.23. The molecule has 2 aromatic rings. The molecule has 1 N–H and O–H groups in total. The largest absolute Gasteiger partial charge is 0.504 e. The van der Waals surface area contributed by atoms with Crippen molar-refractivity contribution >= 4 is 0 Å². The molecule has 5 rings (SSSR count). The number of benzene rings is 2. The van der Waals surface area contributed by atoms with E-state index in [4.69, 9.17) is 14.2 Å². The molecule has 0 aromatic heterocycles. The van der Waals surface area contributed by atoms with Crippen LogP contribution < -0.4 is 14.2 Å². The normalized spacial score (nSPS) is 20.5. The standard InChI is InChI=1S/C19H19NO4/c1-20-4-3-10-6-14(21)19(22-2)18-12-8-16-15(23-9-24-16)7-11(12)5-13(20)17(10)18/h6-8,13,21H,3-5,9H2,1-2H3. The summed E-state index contributed by atoms with van der Waals surface area (Å²) in [5.74, 6) is 2.32. The summed E-state index contributed by atoms with van der Waals surface area (Å²) in [4.78, 5) is 2.38. The maximum atomic E-state index is 10.5. The van der Waals surface area contributed by atoms with Crippen molar-refractivity contribution in [1.29, 1.82) is 0 Å². The van der Waals surface area contributed by atoms with Crippen LogP contribution in [0.25, 0.3) is 11.1 Å².